The van der Waals surface area contributed by atoms with Crippen LogP contribution in [0.5, 0.6) is 0 Å². The van der Waals surface area contributed by atoms with Crippen LogP contribution in [0.1, 0.15) is 44.9 Å². The van der Waals surface area contributed by atoms with Crippen molar-refractivity contribution in [1.29, 1.82) is 0 Å². The normalized spacial score (nSPS) is 35.1. The van der Waals surface area contributed by atoms with Gasteiger partial charge in [-0.15, -0.1) is 0 Å². The van der Waals surface area contributed by atoms with Gasteiger partial charge in [-0.2, -0.15) is 0 Å². The van der Waals surface area contributed by atoms with E-state index in [0.29, 0.717) is 17.9 Å². The van der Waals surface area contributed by atoms with Gasteiger partial charge in [-0.1, -0.05) is 6.42 Å². The first-order valence-electron chi connectivity index (χ1n) is 8.30. The lowest BCUT2D eigenvalue weighted by atomic mass is 9.84. The highest BCUT2D eigenvalue weighted by molar-refractivity contribution is 4.88. The number of hydrogen-bond donors (Lipinski definition) is 2. The number of hydrogen-bond acceptors (Lipinski definition) is 3. The molecule has 3 unspecified atom stereocenters. The molecule has 3 aliphatic rings. The highest BCUT2D eigenvalue weighted by Crippen LogP contribution is 2.36. The fourth-order valence-electron chi connectivity index (χ4n) is 3.81. The van der Waals surface area contributed by atoms with Crippen molar-refractivity contribution in [2.75, 3.05) is 26.7 Å². The summed E-state index contributed by atoms with van der Waals surface area (Å²) in [4.78, 5) is 2.45. The SMILES string of the molecule is CN1CC(CC(O)C2CC2)CC(NCC2CCC2)C1. The van der Waals surface area contributed by atoms with Crippen LogP contribution in [0.15, 0.2) is 0 Å². The van der Waals surface area contributed by atoms with Crippen LogP contribution < -0.4 is 5.32 Å². The van der Waals surface area contributed by atoms with Gasteiger partial charge >= 0.3 is 0 Å². The lowest BCUT2D eigenvalue weighted by molar-refractivity contribution is 0.0823. The zero-order valence-corrected chi connectivity index (χ0v) is 12.4. The number of piperidine rings is 1. The predicted molar refractivity (Wildman–Crippen MR) is 78.1 cm³/mol. The largest absolute Gasteiger partial charge is 0.393 e. The summed E-state index contributed by atoms with van der Waals surface area (Å²) in [6.45, 7) is 3.57. The Labute approximate surface area is 117 Å². The molecule has 110 valence electrons. The molecule has 0 amide bonds. The third-order valence-electron chi connectivity index (χ3n) is 5.38. The maximum atomic E-state index is 10.1. The van der Waals surface area contributed by atoms with Crippen LogP contribution in [0.25, 0.3) is 0 Å². The van der Waals surface area contributed by atoms with Gasteiger partial charge in [0.15, 0.2) is 0 Å². The summed E-state index contributed by atoms with van der Waals surface area (Å²) in [6.07, 6.45) is 9.08. The summed E-state index contributed by atoms with van der Waals surface area (Å²) in [5.74, 6) is 2.27. The summed E-state index contributed by atoms with van der Waals surface area (Å²) >= 11 is 0. The number of nitrogens with zero attached hydrogens (tertiary/aromatic N) is 1. The molecule has 0 aromatic carbocycles. The molecule has 0 radical (unpaired) electrons. The minimum Gasteiger partial charge on any atom is -0.393 e. The van der Waals surface area contributed by atoms with Gasteiger partial charge < -0.3 is 15.3 Å². The van der Waals surface area contributed by atoms with Crippen LogP contribution >= 0.6 is 0 Å². The fourth-order valence-corrected chi connectivity index (χ4v) is 3.81. The van der Waals surface area contributed by atoms with Crippen molar-refractivity contribution < 1.29 is 5.11 Å². The standard InChI is InChI=1S/C16H30N2O/c1-18-10-13(8-16(19)14-5-6-14)7-15(11-18)17-9-12-3-2-4-12/h12-17,19H,2-11H2,1H3. The fraction of sp³-hybridized carbons (Fsp3) is 1.00. The van der Waals surface area contributed by atoms with Crippen LogP contribution in [-0.2, 0) is 0 Å². The molecule has 3 atom stereocenters. The molecule has 0 aromatic rings. The van der Waals surface area contributed by atoms with Crippen molar-refractivity contribution in [3.05, 3.63) is 0 Å². The number of likely N-dealkylation sites (tertiary alicyclic amines) is 1. The Morgan fingerprint density at radius 1 is 1.16 bits per heavy atom. The van der Waals surface area contributed by atoms with Gasteiger partial charge in [0.05, 0.1) is 6.10 Å². The van der Waals surface area contributed by atoms with Crippen LogP contribution in [0.4, 0.5) is 0 Å². The number of aliphatic hydroxyl groups is 1. The number of nitrogens with one attached hydrogen (secondary N) is 1. The zero-order valence-electron chi connectivity index (χ0n) is 12.4. The first kappa shape index (κ1) is 13.8. The van der Waals surface area contributed by atoms with E-state index in [0.717, 1.165) is 12.3 Å². The van der Waals surface area contributed by atoms with Crippen LogP contribution in [0.2, 0.25) is 0 Å². The molecule has 1 heterocycles. The molecule has 2 N–H and O–H groups in total. The minimum atomic E-state index is -0.0243. The van der Waals surface area contributed by atoms with Gasteiger partial charge in [-0.05, 0) is 69.9 Å². The molecule has 0 spiro atoms. The van der Waals surface area contributed by atoms with E-state index in [9.17, 15) is 5.11 Å². The molecule has 2 saturated carbocycles. The molecule has 1 aliphatic heterocycles. The van der Waals surface area contributed by atoms with E-state index >= 15 is 0 Å². The van der Waals surface area contributed by atoms with E-state index in [1.165, 1.54) is 58.2 Å². The zero-order chi connectivity index (χ0) is 13.2. The molecule has 0 bridgehead atoms. The van der Waals surface area contributed by atoms with Crippen LogP contribution in [0, 0.1) is 17.8 Å². The topological polar surface area (TPSA) is 35.5 Å². The van der Waals surface area contributed by atoms with E-state index < -0.39 is 0 Å². The third-order valence-corrected chi connectivity index (χ3v) is 5.38. The molecule has 1 saturated heterocycles. The lowest BCUT2D eigenvalue weighted by Crippen LogP contribution is -2.49. The third kappa shape index (κ3) is 3.93. The van der Waals surface area contributed by atoms with Crippen molar-refractivity contribution in [2.45, 2.75) is 57.1 Å². The average molecular weight is 266 g/mol. The molecule has 3 rings (SSSR count). The Bertz CT molecular complexity index is 288. The first-order chi connectivity index (χ1) is 9.20. The van der Waals surface area contributed by atoms with Gasteiger partial charge in [0.2, 0.25) is 0 Å². The van der Waals surface area contributed by atoms with E-state index in [1.807, 2.05) is 0 Å². The second-order valence-electron chi connectivity index (χ2n) is 7.37. The summed E-state index contributed by atoms with van der Waals surface area (Å²) in [5, 5.41) is 13.9. The molecule has 3 heteroatoms. The molecule has 2 aliphatic carbocycles. The number of aliphatic hydroxyl groups excluding tert-OH is 1. The number of rotatable bonds is 6. The van der Waals surface area contributed by atoms with Crippen LogP contribution in [-0.4, -0.2) is 48.8 Å². The summed E-state index contributed by atoms with van der Waals surface area (Å²) in [7, 11) is 2.23. The highest BCUT2D eigenvalue weighted by atomic mass is 16.3. The Morgan fingerprint density at radius 2 is 1.95 bits per heavy atom. The van der Waals surface area contributed by atoms with Crippen molar-refractivity contribution in [1.82, 2.24) is 10.2 Å². The molecule has 3 nitrogen and oxygen atoms in total. The van der Waals surface area contributed by atoms with E-state index in [-0.39, 0.29) is 6.10 Å². The molecular weight excluding hydrogens is 236 g/mol. The Morgan fingerprint density at radius 3 is 2.58 bits per heavy atom. The molecule has 3 fully saturated rings. The molecule has 0 aromatic heterocycles. The maximum Gasteiger partial charge on any atom is 0.0571 e. The highest BCUT2D eigenvalue weighted by Gasteiger charge is 2.34. The van der Waals surface area contributed by atoms with Gasteiger partial charge in [0.1, 0.15) is 0 Å². The molecule has 19 heavy (non-hydrogen) atoms. The first-order valence-corrected chi connectivity index (χ1v) is 8.30. The van der Waals surface area contributed by atoms with Crippen LogP contribution in [0.3, 0.4) is 0 Å². The lowest BCUT2D eigenvalue weighted by Gasteiger charge is -2.38. The second kappa shape index (κ2) is 6.11. The predicted octanol–water partition coefficient (Wildman–Crippen LogP) is 1.86. The summed E-state index contributed by atoms with van der Waals surface area (Å²) < 4.78 is 0. The Hall–Kier alpha value is -0.120. The van der Waals surface area contributed by atoms with E-state index in [2.05, 4.69) is 17.3 Å². The average Bonchev–Trinajstić information content (AvgIpc) is 3.09. The summed E-state index contributed by atoms with van der Waals surface area (Å²) in [6, 6.07) is 0.649. The van der Waals surface area contributed by atoms with Gasteiger partial charge in [0, 0.05) is 19.1 Å². The second-order valence-corrected chi connectivity index (χ2v) is 7.37. The van der Waals surface area contributed by atoms with Crippen molar-refractivity contribution >= 4 is 0 Å². The molecular formula is C16H30N2O. The van der Waals surface area contributed by atoms with Crippen molar-refractivity contribution in [3.63, 3.8) is 0 Å². The minimum absolute atomic E-state index is 0.0243. The van der Waals surface area contributed by atoms with Gasteiger partial charge in [-0.3, -0.25) is 0 Å². The van der Waals surface area contributed by atoms with Gasteiger partial charge in [0.25, 0.3) is 0 Å². The maximum absolute atomic E-state index is 10.1. The Kier molecular flexibility index (Phi) is 4.45. The Balaban J connectivity index is 1.42. The van der Waals surface area contributed by atoms with Gasteiger partial charge in [-0.25, -0.2) is 0 Å². The monoisotopic (exact) mass is 266 g/mol. The van der Waals surface area contributed by atoms with Crippen molar-refractivity contribution in [3.8, 4) is 0 Å². The van der Waals surface area contributed by atoms with E-state index in [1.54, 1.807) is 0 Å². The number of likely N-dealkylation sites (N-methyl/N-ethyl adjacent to an activating group) is 1. The quantitative estimate of drug-likeness (QED) is 0.770. The summed E-state index contributed by atoms with van der Waals surface area (Å²) in [5.41, 5.74) is 0. The van der Waals surface area contributed by atoms with Crippen molar-refractivity contribution in [2.24, 2.45) is 17.8 Å². The van der Waals surface area contributed by atoms with E-state index in [4.69, 9.17) is 0 Å². The smallest absolute Gasteiger partial charge is 0.0571 e.